The van der Waals surface area contributed by atoms with Crippen LogP contribution in [0.5, 0.6) is 0 Å². The average molecular weight is 557 g/mol. The molecule has 2 nitrogen and oxygen atoms in total. The number of aliphatic imine (C=N–C) groups is 1. The van der Waals surface area contributed by atoms with Crippen LogP contribution >= 0.6 is 0 Å². The molecule has 1 heterocycles. The van der Waals surface area contributed by atoms with Crippen LogP contribution in [0.1, 0.15) is 67.4 Å². The molecule has 5 aromatic carbocycles. The van der Waals surface area contributed by atoms with Crippen molar-refractivity contribution < 1.29 is 0 Å². The van der Waals surface area contributed by atoms with Crippen LogP contribution in [0.15, 0.2) is 138 Å². The zero-order valence-electron chi connectivity index (χ0n) is 24.8. The molecule has 2 unspecified atom stereocenters. The minimum absolute atomic E-state index is 0.0886. The zero-order chi connectivity index (χ0) is 29.0. The second kappa shape index (κ2) is 10.2. The standard InChI is InChI=1S/C41H36N2/c1-41(2)34-25-31(37-26-36(27-14-6-3-7-15-27)42-40(43-37)29-18-10-5-11-19-29)22-23-33(34)39-35(41)24-30-20-12-13-21-32(30)38(39)28-16-8-4-9-17-28/h3-10,12-18,20-25,36-37H,11,19,26H2,1-2H3,(H,42,43). The van der Waals surface area contributed by atoms with Gasteiger partial charge in [-0.05, 0) is 86.2 Å². The highest BCUT2D eigenvalue weighted by Gasteiger charge is 2.39. The summed E-state index contributed by atoms with van der Waals surface area (Å²) in [4.78, 5) is 5.39. The molecular weight excluding hydrogens is 520 g/mol. The van der Waals surface area contributed by atoms with E-state index >= 15 is 0 Å². The fraction of sp³-hybridized carbons (Fsp3) is 0.195. The van der Waals surface area contributed by atoms with Gasteiger partial charge in [0.25, 0.3) is 0 Å². The molecule has 2 heteroatoms. The first-order chi connectivity index (χ1) is 21.1. The first-order valence-corrected chi connectivity index (χ1v) is 15.6. The maximum absolute atomic E-state index is 5.39. The molecule has 1 N–H and O–H groups in total. The summed E-state index contributed by atoms with van der Waals surface area (Å²) in [6, 6.07) is 40.6. The van der Waals surface area contributed by atoms with Gasteiger partial charge in [-0.25, -0.2) is 0 Å². The van der Waals surface area contributed by atoms with E-state index in [4.69, 9.17) is 4.99 Å². The summed E-state index contributed by atoms with van der Waals surface area (Å²) in [5.74, 6) is 1.05. The highest BCUT2D eigenvalue weighted by molar-refractivity contribution is 6.08. The molecule has 0 fully saturated rings. The molecule has 5 aromatic rings. The van der Waals surface area contributed by atoms with Gasteiger partial charge in [0.1, 0.15) is 5.84 Å². The molecule has 0 amide bonds. The minimum atomic E-state index is -0.122. The van der Waals surface area contributed by atoms with Crippen molar-refractivity contribution in [3.63, 3.8) is 0 Å². The van der Waals surface area contributed by atoms with Crippen LogP contribution < -0.4 is 5.32 Å². The summed E-state index contributed by atoms with van der Waals surface area (Å²) in [7, 11) is 0. The highest BCUT2D eigenvalue weighted by atomic mass is 15.1. The molecule has 0 bridgehead atoms. The smallest absolute Gasteiger partial charge is 0.125 e. The van der Waals surface area contributed by atoms with Crippen LogP contribution in [0, 0.1) is 0 Å². The molecule has 0 saturated heterocycles. The monoisotopic (exact) mass is 556 g/mol. The molecule has 0 saturated carbocycles. The minimum Gasteiger partial charge on any atom is -0.363 e. The Labute approximate surface area is 254 Å². The number of amidine groups is 1. The highest BCUT2D eigenvalue weighted by Crippen LogP contribution is 2.55. The van der Waals surface area contributed by atoms with Crippen molar-refractivity contribution in [2.75, 3.05) is 0 Å². The van der Waals surface area contributed by atoms with Crippen molar-refractivity contribution in [3.8, 4) is 22.3 Å². The van der Waals surface area contributed by atoms with E-state index in [1.807, 2.05) is 0 Å². The molecule has 0 spiro atoms. The summed E-state index contributed by atoms with van der Waals surface area (Å²) in [6.45, 7) is 4.79. The zero-order valence-corrected chi connectivity index (χ0v) is 24.8. The fourth-order valence-electron chi connectivity index (χ4n) is 7.46. The summed E-state index contributed by atoms with van der Waals surface area (Å²) >= 11 is 0. The van der Waals surface area contributed by atoms with Crippen molar-refractivity contribution in [3.05, 3.63) is 155 Å². The molecule has 3 aliphatic rings. The first kappa shape index (κ1) is 26.0. The number of nitrogens with one attached hydrogen (secondary N) is 1. The van der Waals surface area contributed by atoms with Crippen LogP contribution in [0.2, 0.25) is 0 Å². The van der Waals surface area contributed by atoms with Gasteiger partial charge < -0.3 is 5.32 Å². The van der Waals surface area contributed by atoms with Crippen LogP contribution in [0.4, 0.5) is 0 Å². The predicted molar refractivity (Wildman–Crippen MR) is 181 cm³/mol. The fourth-order valence-corrected chi connectivity index (χ4v) is 7.46. The third kappa shape index (κ3) is 4.36. The van der Waals surface area contributed by atoms with E-state index in [0.29, 0.717) is 0 Å². The Morgan fingerprint density at radius 2 is 1.51 bits per heavy atom. The second-order valence-electron chi connectivity index (χ2n) is 12.7. The number of fused-ring (bicyclic) bond motifs is 4. The number of allylic oxidation sites excluding steroid dienone is 3. The maximum Gasteiger partial charge on any atom is 0.125 e. The molecule has 210 valence electrons. The number of nitrogens with zero attached hydrogens (tertiary/aromatic N) is 1. The van der Waals surface area contributed by atoms with Gasteiger partial charge in [0.05, 0.1) is 12.1 Å². The lowest BCUT2D eigenvalue weighted by Gasteiger charge is -2.32. The Kier molecular flexibility index (Phi) is 6.19. The number of hydrogen-bond acceptors (Lipinski definition) is 2. The largest absolute Gasteiger partial charge is 0.363 e. The van der Waals surface area contributed by atoms with Gasteiger partial charge in [0, 0.05) is 5.41 Å². The average Bonchev–Trinajstić information content (AvgIpc) is 3.30. The van der Waals surface area contributed by atoms with E-state index < -0.39 is 0 Å². The van der Waals surface area contributed by atoms with E-state index in [9.17, 15) is 0 Å². The summed E-state index contributed by atoms with van der Waals surface area (Å²) in [6.07, 6.45) is 9.68. The van der Waals surface area contributed by atoms with Gasteiger partial charge in [-0.1, -0.05) is 135 Å². The van der Waals surface area contributed by atoms with Gasteiger partial charge >= 0.3 is 0 Å². The van der Waals surface area contributed by atoms with Crippen LogP contribution in [-0.2, 0) is 5.41 Å². The molecule has 2 aliphatic carbocycles. The number of hydrogen-bond donors (Lipinski definition) is 1. The topological polar surface area (TPSA) is 24.4 Å². The SMILES string of the molecule is CC1(C)c2cc(C3CC(c4ccccc4)NC(C4=CC=CCC4)=N3)ccc2-c2c1cc1ccccc1c2-c1ccccc1. The Morgan fingerprint density at radius 3 is 2.30 bits per heavy atom. The molecule has 2 atom stereocenters. The van der Waals surface area contributed by atoms with E-state index in [1.165, 1.54) is 60.9 Å². The third-order valence-electron chi connectivity index (χ3n) is 9.73. The van der Waals surface area contributed by atoms with Crippen molar-refractivity contribution >= 4 is 16.6 Å². The maximum atomic E-state index is 5.39. The number of benzene rings is 5. The van der Waals surface area contributed by atoms with Gasteiger partial charge in [0.2, 0.25) is 0 Å². The predicted octanol–water partition coefficient (Wildman–Crippen LogP) is 10.3. The lowest BCUT2D eigenvalue weighted by molar-refractivity contribution is 0.488. The Morgan fingerprint density at radius 1 is 0.744 bits per heavy atom. The van der Waals surface area contributed by atoms with Crippen LogP contribution in [0.25, 0.3) is 33.0 Å². The molecule has 1 aliphatic heterocycles. The Bertz CT molecular complexity index is 1940. The van der Waals surface area contributed by atoms with Crippen LogP contribution in [0.3, 0.4) is 0 Å². The normalized spacial score (nSPS) is 20.1. The molecule has 0 aromatic heterocycles. The molecule has 0 radical (unpaired) electrons. The summed E-state index contributed by atoms with van der Waals surface area (Å²) < 4.78 is 0. The molecule has 8 rings (SSSR count). The van der Waals surface area contributed by atoms with E-state index in [-0.39, 0.29) is 17.5 Å². The van der Waals surface area contributed by atoms with Gasteiger partial charge in [0.15, 0.2) is 0 Å². The third-order valence-corrected chi connectivity index (χ3v) is 9.73. The molecular formula is C41H36N2. The Balaban J connectivity index is 1.28. The van der Waals surface area contributed by atoms with Gasteiger partial charge in [-0.3, -0.25) is 4.99 Å². The lowest BCUT2D eigenvalue weighted by atomic mass is 9.80. The second-order valence-corrected chi connectivity index (χ2v) is 12.7. The molecule has 43 heavy (non-hydrogen) atoms. The van der Waals surface area contributed by atoms with E-state index in [1.54, 1.807) is 0 Å². The summed E-state index contributed by atoms with van der Waals surface area (Å²) in [5.41, 5.74) is 12.0. The number of rotatable bonds is 4. The van der Waals surface area contributed by atoms with E-state index in [2.05, 4.69) is 147 Å². The quantitative estimate of drug-likeness (QED) is 0.234. The van der Waals surface area contributed by atoms with Crippen molar-refractivity contribution in [2.24, 2.45) is 4.99 Å². The van der Waals surface area contributed by atoms with Crippen molar-refractivity contribution in [1.29, 1.82) is 0 Å². The van der Waals surface area contributed by atoms with Gasteiger partial charge in [-0.2, -0.15) is 0 Å². The van der Waals surface area contributed by atoms with Gasteiger partial charge in [-0.15, -0.1) is 0 Å². The lowest BCUT2D eigenvalue weighted by Crippen LogP contribution is -2.35. The van der Waals surface area contributed by atoms with Crippen LogP contribution in [-0.4, -0.2) is 5.84 Å². The van der Waals surface area contributed by atoms with Crippen molar-refractivity contribution in [1.82, 2.24) is 5.32 Å². The first-order valence-electron chi connectivity index (χ1n) is 15.6. The van der Waals surface area contributed by atoms with Crippen molar-refractivity contribution in [2.45, 2.75) is 50.6 Å². The Hall–Kier alpha value is -4.69. The summed E-state index contributed by atoms with van der Waals surface area (Å²) in [5, 5.41) is 6.43. The van der Waals surface area contributed by atoms with E-state index in [0.717, 1.165) is 25.1 Å².